The van der Waals surface area contributed by atoms with E-state index in [2.05, 4.69) is 20.1 Å². The number of hydrogen-bond donors (Lipinski definition) is 0. The molecule has 2 aromatic rings. The highest BCUT2D eigenvalue weighted by Crippen LogP contribution is 2.13. The van der Waals surface area contributed by atoms with Gasteiger partial charge >= 0.3 is 0 Å². The van der Waals surface area contributed by atoms with Gasteiger partial charge in [-0.15, -0.1) is 0 Å². The third-order valence-corrected chi connectivity index (χ3v) is 3.37. The number of benzene rings is 2. The van der Waals surface area contributed by atoms with Crippen molar-refractivity contribution in [2.75, 3.05) is 6.61 Å². The lowest BCUT2D eigenvalue weighted by Gasteiger charge is -2.21. The maximum absolute atomic E-state index is 8.68. The Labute approximate surface area is 145 Å². The molecular formula is C17H18N6O2. The van der Waals surface area contributed by atoms with Crippen LogP contribution in [-0.4, -0.2) is 18.9 Å². The van der Waals surface area contributed by atoms with Crippen molar-refractivity contribution in [1.29, 1.82) is 0 Å². The Bertz CT molecular complexity index is 709. The number of ether oxygens (including phenoxy) is 2. The summed E-state index contributed by atoms with van der Waals surface area (Å²) in [7, 11) is 0. The zero-order valence-corrected chi connectivity index (χ0v) is 13.5. The molecule has 2 rings (SSSR count). The van der Waals surface area contributed by atoms with Crippen LogP contribution in [0.3, 0.4) is 0 Å². The molecule has 0 amide bonds. The van der Waals surface area contributed by atoms with Crippen LogP contribution in [-0.2, 0) is 22.7 Å². The highest BCUT2D eigenvalue weighted by atomic mass is 16.5. The fraction of sp³-hybridized carbons (Fsp3) is 0.294. The molecule has 0 aromatic heterocycles. The van der Waals surface area contributed by atoms with E-state index in [-0.39, 0.29) is 6.61 Å². The van der Waals surface area contributed by atoms with Gasteiger partial charge in [0.05, 0.1) is 25.9 Å². The molecule has 0 N–H and O–H groups in total. The minimum absolute atomic E-state index is 0.129. The summed E-state index contributed by atoms with van der Waals surface area (Å²) in [6.45, 7) is 0.800. The minimum Gasteiger partial charge on any atom is -0.374 e. The summed E-state index contributed by atoms with van der Waals surface area (Å²) < 4.78 is 11.4. The standard InChI is InChI=1S/C17H18N6O2/c18-22-20-17(21-23-19)16(25-12-15-9-5-2-6-10-15)13-24-11-14-7-3-1-4-8-14/h1-10,16-17H,11-13H2/t16-/m1/s1. The number of rotatable bonds is 10. The largest absolute Gasteiger partial charge is 0.374 e. The van der Waals surface area contributed by atoms with Crippen molar-refractivity contribution in [3.05, 3.63) is 92.7 Å². The quantitative estimate of drug-likeness (QED) is 0.353. The maximum atomic E-state index is 8.68. The molecule has 2 aromatic carbocycles. The average molecular weight is 338 g/mol. The Morgan fingerprint density at radius 1 is 0.800 bits per heavy atom. The molecule has 0 bridgehead atoms. The molecule has 0 fully saturated rings. The Hall–Kier alpha value is -3.02. The Kier molecular flexibility index (Phi) is 7.84. The summed E-state index contributed by atoms with van der Waals surface area (Å²) in [5.41, 5.74) is 19.3. The van der Waals surface area contributed by atoms with Gasteiger partial charge in [-0.2, -0.15) is 0 Å². The second-order valence-electron chi connectivity index (χ2n) is 5.16. The number of hydrogen-bond acceptors (Lipinski definition) is 4. The van der Waals surface area contributed by atoms with E-state index in [0.29, 0.717) is 13.2 Å². The molecule has 8 nitrogen and oxygen atoms in total. The lowest BCUT2D eigenvalue weighted by atomic mass is 10.2. The van der Waals surface area contributed by atoms with Crippen molar-refractivity contribution in [1.82, 2.24) is 0 Å². The molecule has 0 unspecified atom stereocenters. The molecule has 0 radical (unpaired) electrons. The van der Waals surface area contributed by atoms with Crippen LogP contribution in [0.5, 0.6) is 0 Å². The fourth-order valence-electron chi connectivity index (χ4n) is 2.14. The van der Waals surface area contributed by atoms with Crippen molar-refractivity contribution in [2.45, 2.75) is 25.5 Å². The van der Waals surface area contributed by atoms with Crippen molar-refractivity contribution in [2.24, 2.45) is 10.2 Å². The van der Waals surface area contributed by atoms with E-state index in [1.807, 2.05) is 60.7 Å². The molecule has 128 valence electrons. The predicted molar refractivity (Wildman–Crippen MR) is 93.2 cm³/mol. The van der Waals surface area contributed by atoms with Crippen molar-refractivity contribution < 1.29 is 9.47 Å². The van der Waals surface area contributed by atoms with Crippen LogP contribution >= 0.6 is 0 Å². The molecule has 0 saturated carbocycles. The first kappa shape index (κ1) is 18.3. The van der Waals surface area contributed by atoms with Gasteiger partial charge in [0.1, 0.15) is 6.17 Å². The average Bonchev–Trinajstić information content (AvgIpc) is 2.66. The van der Waals surface area contributed by atoms with Gasteiger partial charge in [0.25, 0.3) is 0 Å². The van der Waals surface area contributed by atoms with Crippen LogP contribution in [0.1, 0.15) is 11.1 Å². The number of azide groups is 1. The van der Waals surface area contributed by atoms with Gasteiger partial charge < -0.3 is 9.47 Å². The SMILES string of the molecule is [N-]=[N+]=NC(N=[N+]=[N-])[C@@H](COCc1ccccc1)OCc1ccccc1. The van der Waals surface area contributed by atoms with Crippen LogP contribution in [0.25, 0.3) is 20.9 Å². The van der Waals surface area contributed by atoms with Gasteiger partial charge in [0.2, 0.25) is 0 Å². The summed E-state index contributed by atoms with van der Waals surface area (Å²) >= 11 is 0. The topological polar surface area (TPSA) is 116 Å². The van der Waals surface area contributed by atoms with Gasteiger partial charge in [-0.25, -0.2) is 0 Å². The molecular weight excluding hydrogens is 320 g/mol. The zero-order chi connectivity index (χ0) is 17.7. The van der Waals surface area contributed by atoms with E-state index in [1.54, 1.807) is 0 Å². The summed E-state index contributed by atoms with van der Waals surface area (Å²) in [5.74, 6) is 0. The van der Waals surface area contributed by atoms with Crippen LogP contribution < -0.4 is 0 Å². The molecule has 0 aliphatic rings. The van der Waals surface area contributed by atoms with Gasteiger partial charge in [-0.3, -0.25) is 0 Å². The second kappa shape index (κ2) is 10.7. The monoisotopic (exact) mass is 338 g/mol. The van der Waals surface area contributed by atoms with E-state index in [4.69, 9.17) is 20.5 Å². The van der Waals surface area contributed by atoms with E-state index in [1.165, 1.54) is 0 Å². The predicted octanol–water partition coefficient (Wildman–Crippen LogP) is 4.74. The Morgan fingerprint density at radius 2 is 1.32 bits per heavy atom. The lowest BCUT2D eigenvalue weighted by molar-refractivity contribution is -0.0403. The van der Waals surface area contributed by atoms with Crippen molar-refractivity contribution >= 4 is 0 Å². The lowest BCUT2D eigenvalue weighted by Crippen LogP contribution is -2.30. The highest BCUT2D eigenvalue weighted by Gasteiger charge is 2.20. The first-order valence-electron chi connectivity index (χ1n) is 7.69. The second-order valence-corrected chi connectivity index (χ2v) is 5.16. The normalized spacial score (nSPS) is 12.5. The Balaban J connectivity index is 1.99. The van der Waals surface area contributed by atoms with Gasteiger partial charge in [0.15, 0.2) is 0 Å². The van der Waals surface area contributed by atoms with E-state index >= 15 is 0 Å². The molecule has 0 spiro atoms. The summed E-state index contributed by atoms with van der Waals surface area (Å²) in [6.07, 6.45) is -1.70. The fourth-order valence-corrected chi connectivity index (χ4v) is 2.14. The molecule has 8 heteroatoms. The number of nitrogens with zero attached hydrogens (tertiary/aromatic N) is 6. The summed E-state index contributed by atoms with van der Waals surface area (Å²) in [6, 6.07) is 19.2. The summed E-state index contributed by atoms with van der Waals surface area (Å²) in [5, 5.41) is 7.01. The smallest absolute Gasteiger partial charge is 0.144 e. The molecule has 1 atom stereocenters. The Morgan fingerprint density at radius 3 is 1.84 bits per heavy atom. The zero-order valence-electron chi connectivity index (χ0n) is 13.5. The van der Waals surface area contributed by atoms with E-state index in [0.717, 1.165) is 11.1 Å². The van der Waals surface area contributed by atoms with Gasteiger partial charge in [-0.1, -0.05) is 70.9 Å². The van der Waals surface area contributed by atoms with E-state index in [9.17, 15) is 0 Å². The molecule has 0 saturated heterocycles. The molecule has 0 aliphatic heterocycles. The van der Waals surface area contributed by atoms with Crippen LogP contribution in [0, 0.1) is 0 Å². The molecule has 0 aliphatic carbocycles. The van der Waals surface area contributed by atoms with Crippen LogP contribution in [0.15, 0.2) is 70.9 Å². The van der Waals surface area contributed by atoms with Gasteiger partial charge in [0, 0.05) is 9.82 Å². The summed E-state index contributed by atoms with van der Waals surface area (Å²) in [4.78, 5) is 5.44. The third-order valence-electron chi connectivity index (χ3n) is 3.37. The maximum Gasteiger partial charge on any atom is 0.144 e. The molecule has 0 heterocycles. The van der Waals surface area contributed by atoms with Gasteiger partial charge in [-0.05, 0) is 22.2 Å². The minimum atomic E-state index is -1.02. The van der Waals surface area contributed by atoms with Crippen LogP contribution in [0.2, 0.25) is 0 Å². The molecule has 25 heavy (non-hydrogen) atoms. The van der Waals surface area contributed by atoms with Crippen LogP contribution in [0.4, 0.5) is 0 Å². The van der Waals surface area contributed by atoms with E-state index < -0.39 is 12.3 Å². The van der Waals surface area contributed by atoms with Crippen molar-refractivity contribution in [3.63, 3.8) is 0 Å². The highest BCUT2D eigenvalue weighted by molar-refractivity contribution is 5.14. The third kappa shape index (κ3) is 6.55. The first-order chi connectivity index (χ1) is 12.3. The first-order valence-corrected chi connectivity index (χ1v) is 7.69. The van der Waals surface area contributed by atoms with Crippen molar-refractivity contribution in [3.8, 4) is 0 Å².